The number of aromatic nitrogens is 2. The molecule has 96 valence electrons. The average molecular weight is 255 g/mol. The van der Waals surface area contributed by atoms with Crippen LogP contribution in [0.2, 0.25) is 0 Å². The van der Waals surface area contributed by atoms with Crippen molar-refractivity contribution < 1.29 is 4.79 Å². The summed E-state index contributed by atoms with van der Waals surface area (Å²) >= 11 is 0. The van der Waals surface area contributed by atoms with Crippen LogP contribution in [0.15, 0.2) is 41.3 Å². The summed E-state index contributed by atoms with van der Waals surface area (Å²) in [5.41, 5.74) is 1.04. The van der Waals surface area contributed by atoms with Gasteiger partial charge in [0.2, 0.25) is 0 Å². The maximum atomic E-state index is 11.9. The minimum absolute atomic E-state index is 0.145. The molecule has 1 aliphatic carbocycles. The van der Waals surface area contributed by atoms with Crippen LogP contribution in [0.5, 0.6) is 0 Å². The van der Waals surface area contributed by atoms with Crippen molar-refractivity contribution in [3.05, 3.63) is 52.4 Å². The number of carbonyl (C=O) groups is 1. The molecule has 0 atom stereocenters. The molecule has 0 aromatic carbocycles. The van der Waals surface area contributed by atoms with E-state index in [1.807, 2.05) is 6.07 Å². The normalized spacial score (nSPS) is 14.1. The molecule has 1 saturated carbocycles. The monoisotopic (exact) mass is 255 g/mol. The molecule has 1 fully saturated rings. The van der Waals surface area contributed by atoms with E-state index in [0.717, 1.165) is 12.8 Å². The summed E-state index contributed by atoms with van der Waals surface area (Å²) in [6.07, 6.45) is 3.65. The molecule has 2 heterocycles. The van der Waals surface area contributed by atoms with Crippen molar-refractivity contribution in [3.8, 4) is 11.4 Å². The van der Waals surface area contributed by atoms with E-state index in [9.17, 15) is 9.59 Å². The molecule has 0 bridgehead atoms. The molecule has 2 aromatic rings. The van der Waals surface area contributed by atoms with Gasteiger partial charge in [0, 0.05) is 12.2 Å². The Labute approximate surface area is 109 Å². The first-order chi connectivity index (χ1) is 9.24. The Morgan fingerprint density at radius 3 is 2.74 bits per heavy atom. The fraction of sp³-hybridized carbons (Fsp3) is 0.214. The summed E-state index contributed by atoms with van der Waals surface area (Å²) in [5, 5.41) is 2.80. The Hall–Kier alpha value is -2.43. The third kappa shape index (κ3) is 2.54. The first-order valence-corrected chi connectivity index (χ1v) is 6.19. The van der Waals surface area contributed by atoms with Gasteiger partial charge in [-0.15, -0.1) is 0 Å². The molecule has 0 aliphatic heterocycles. The van der Waals surface area contributed by atoms with E-state index >= 15 is 0 Å². The number of nitrogens with one attached hydrogen (secondary N) is 2. The van der Waals surface area contributed by atoms with Crippen molar-refractivity contribution in [2.45, 2.75) is 18.9 Å². The summed E-state index contributed by atoms with van der Waals surface area (Å²) in [4.78, 5) is 30.6. The fourth-order valence-electron chi connectivity index (χ4n) is 1.81. The highest BCUT2D eigenvalue weighted by Gasteiger charge is 2.24. The van der Waals surface area contributed by atoms with Crippen LogP contribution in [-0.2, 0) is 0 Å². The van der Waals surface area contributed by atoms with Gasteiger partial charge in [-0.1, -0.05) is 6.07 Å². The number of nitrogens with zero attached hydrogens (tertiary/aromatic N) is 1. The van der Waals surface area contributed by atoms with Gasteiger partial charge in [-0.25, -0.2) is 0 Å². The first-order valence-electron chi connectivity index (χ1n) is 6.19. The van der Waals surface area contributed by atoms with Crippen LogP contribution in [0.4, 0.5) is 0 Å². The molecule has 0 unspecified atom stereocenters. The van der Waals surface area contributed by atoms with Gasteiger partial charge in [0.15, 0.2) is 0 Å². The fourth-order valence-corrected chi connectivity index (χ4v) is 1.81. The number of hydrogen-bond donors (Lipinski definition) is 2. The van der Waals surface area contributed by atoms with E-state index in [-0.39, 0.29) is 23.1 Å². The van der Waals surface area contributed by atoms with Gasteiger partial charge in [-0.3, -0.25) is 14.6 Å². The Balaban J connectivity index is 1.89. The molecule has 2 aromatic heterocycles. The number of amides is 1. The first kappa shape index (κ1) is 11.6. The van der Waals surface area contributed by atoms with Crippen LogP contribution in [0.25, 0.3) is 11.4 Å². The summed E-state index contributed by atoms with van der Waals surface area (Å²) < 4.78 is 0. The quantitative estimate of drug-likeness (QED) is 0.868. The maximum absolute atomic E-state index is 11.9. The third-order valence-electron chi connectivity index (χ3n) is 3.01. The van der Waals surface area contributed by atoms with Crippen molar-refractivity contribution in [1.82, 2.24) is 15.3 Å². The molecule has 19 heavy (non-hydrogen) atoms. The van der Waals surface area contributed by atoms with Crippen molar-refractivity contribution in [3.63, 3.8) is 0 Å². The number of H-pyrrole nitrogens is 1. The van der Waals surface area contributed by atoms with Crippen LogP contribution in [0, 0.1) is 0 Å². The molecule has 3 rings (SSSR count). The van der Waals surface area contributed by atoms with Gasteiger partial charge in [0.05, 0.1) is 11.4 Å². The zero-order valence-corrected chi connectivity index (χ0v) is 10.2. The lowest BCUT2D eigenvalue weighted by Gasteiger charge is -2.04. The lowest BCUT2D eigenvalue weighted by atomic mass is 10.2. The van der Waals surface area contributed by atoms with Crippen molar-refractivity contribution in [2.24, 2.45) is 0 Å². The number of rotatable bonds is 3. The average Bonchev–Trinajstić information content (AvgIpc) is 3.23. The van der Waals surface area contributed by atoms with Gasteiger partial charge in [0.25, 0.3) is 11.5 Å². The van der Waals surface area contributed by atoms with E-state index in [0.29, 0.717) is 11.4 Å². The highest BCUT2D eigenvalue weighted by molar-refractivity contribution is 5.94. The largest absolute Gasteiger partial charge is 0.349 e. The molecular weight excluding hydrogens is 242 g/mol. The lowest BCUT2D eigenvalue weighted by molar-refractivity contribution is 0.0949. The zero-order chi connectivity index (χ0) is 13.2. The minimum atomic E-state index is -0.388. The summed E-state index contributed by atoms with van der Waals surface area (Å²) in [7, 11) is 0. The Bertz CT molecular complexity index is 660. The second kappa shape index (κ2) is 4.68. The Kier molecular flexibility index (Phi) is 2.87. The van der Waals surface area contributed by atoms with Gasteiger partial charge in [0.1, 0.15) is 5.56 Å². The van der Waals surface area contributed by atoms with Crippen LogP contribution < -0.4 is 10.9 Å². The van der Waals surface area contributed by atoms with E-state index in [2.05, 4.69) is 15.3 Å². The van der Waals surface area contributed by atoms with Crippen molar-refractivity contribution in [2.75, 3.05) is 0 Å². The Morgan fingerprint density at radius 1 is 1.26 bits per heavy atom. The molecule has 1 aliphatic rings. The van der Waals surface area contributed by atoms with Crippen molar-refractivity contribution >= 4 is 5.91 Å². The molecule has 2 N–H and O–H groups in total. The van der Waals surface area contributed by atoms with Crippen LogP contribution in [0.3, 0.4) is 0 Å². The number of pyridine rings is 2. The predicted octanol–water partition coefficient (Wildman–Crippen LogP) is 1.33. The zero-order valence-electron chi connectivity index (χ0n) is 10.2. The number of carbonyl (C=O) groups excluding carboxylic acids is 1. The number of hydrogen-bond acceptors (Lipinski definition) is 3. The third-order valence-corrected chi connectivity index (χ3v) is 3.01. The SMILES string of the molecule is O=C(NC1CC1)c1ccc(-c2ccccn2)[nH]c1=O. The van der Waals surface area contributed by atoms with Crippen molar-refractivity contribution in [1.29, 1.82) is 0 Å². The molecule has 1 amide bonds. The summed E-state index contributed by atoms with van der Waals surface area (Å²) in [6, 6.07) is 8.93. The highest BCUT2D eigenvalue weighted by atomic mass is 16.2. The Morgan fingerprint density at radius 2 is 2.11 bits per heavy atom. The van der Waals surface area contributed by atoms with E-state index in [4.69, 9.17) is 0 Å². The highest BCUT2D eigenvalue weighted by Crippen LogP contribution is 2.19. The lowest BCUT2D eigenvalue weighted by Crippen LogP contribution is -2.31. The number of aromatic amines is 1. The topological polar surface area (TPSA) is 74.8 Å². The van der Waals surface area contributed by atoms with Gasteiger partial charge >= 0.3 is 0 Å². The maximum Gasteiger partial charge on any atom is 0.261 e. The summed E-state index contributed by atoms with van der Waals surface area (Å²) in [6.45, 7) is 0. The second-order valence-corrected chi connectivity index (χ2v) is 4.58. The van der Waals surface area contributed by atoms with Crippen LogP contribution >= 0.6 is 0 Å². The standard InChI is InChI=1S/C14H13N3O2/c18-13(16-9-4-5-9)10-6-7-12(17-14(10)19)11-3-1-2-8-15-11/h1-3,6-9H,4-5H2,(H,16,18)(H,17,19). The van der Waals surface area contributed by atoms with Gasteiger partial charge in [-0.05, 0) is 37.1 Å². The summed E-state index contributed by atoms with van der Waals surface area (Å²) in [5.74, 6) is -0.309. The van der Waals surface area contributed by atoms with Gasteiger partial charge < -0.3 is 10.3 Å². The van der Waals surface area contributed by atoms with Crippen LogP contribution in [0.1, 0.15) is 23.2 Å². The van der Waals surface area contributed by atoms with E-state index in [1.54, 1.807) is 30.5 Å². The van der Waals surface area contributed by atoms with E-state index in [1.165, 1.54) is 0 Å². The second-order valence-electron chi connectivity index (χ2n) is 4.58. The molecule has 0 radical (unpaired) electrons. The smallest absolute Gasteiger partial charge is 0.261 e. The van der Waals surface area contributed by atoms with Gasteiger partial charge in [-0.2, -0.15) is 0 Å². The predicted molar refractivity (Wildman–Crippen MR) is 70.8 cm³/mol. The minimum Gasteiger partial charge on any atom is -0.349 e. The van der Waals surface area contributed by atoms with E-state index < -0.39 is 0 Å². The molecule has 5 nitrogen and oxygen atoms in total. The molecule has 0 spiro atoms. The molecular formula is C14H13N3O2. The van der Waals surface area contributed by atoms with Crippen LogP contribution in [-0.4, -0.2) is 21.9 Å². The molecule has 0 saturated heterocycles. The molecule has 5 heteroatoms.